The van der Waals surface area contributed by atoms with Gasteiger partial charge in [-0.1, -0.05) is 0 Å². The van der Waals surface area contributed by atoms with E-state index in [0.29, 0.717) is 25.8 Å². The normalized spacial score (nSPS) is 14.0. The lowest BCUT2D eigenvalue weighted by Gasteiger charge is -2.24. The van der Waals surface area contributed by atoms with E-state index >= 15 is 0 Å². The molecule has 15 nitrogen and oxygen atoms in total. The van der Waals surface area contributed by atoms with Crippen LogP contribution in [0.25, 0.3) is 0 Å². The van der Waals surface area contributed by atoms with E-state index in [1.807, 2.05) is 0 Å². The minimum atomic E-state index is -1.24. The maximum Gasteiger partial charge on any atom is 0.325 e. The largest absolute Gasteiger partial charge is 0.480 e. The van der Waals surface area contributed by atoms with Gasteiger partial charge in [0.25, 0.3) is 0 Å². The quantitative estimate of drug-likeness (QED) is 0.0503. The summed E-state index contributed by atoms with van der Waals surface area (Å²) in [5, 5.41) is 16.4. The third-order valence-corrected chi connectivity index (χ3v) is 4.93. The van der Waals surface area contributed by atoms with Gasteiger partial charge in [0.05, 0.1) is 6.04 Å². The van der Waals surface area contributed by atoms with Gasteiger partial charge in [0, 0.05) is 13.0 Å². The van der Waals surface area contributed by atoms with Crippen LogP contribution in [-0.4, -0.2) is 77.9 Å². The van der Waals surface area contributed by atoms with Gasteiger partial charge in [0.1, 0.15) is 18.1 Å². The first-order valence-corrected chi connectivity index (χ1v) is 11.3. The molecule has 0 bridgehead atoms. The van der Waals surface area contributed by atoms with Crippen molar-refractivity contribution < 1.29 is 29.1 Å². The number of rotatable bonds is 18. The van der Waals surface area contributed by atoms with Crippen LogP contribution in [0.15, 0.2) is 4.99 Å². The standard InChI is InChI=1S/C20H39N9O6/c1-11(19(34)35)27-17(32)13(5-2-3-9-21)29-18(33)14(6-4-10-26-20(24)25)28-16(31)12(22)7-8-15(23)30/h11-14H,2-10,21-22H2,1H3,(H2,23,30)(H,27,32)(H,28,31)(H,29,33)(H,34,35)(H4,24,25,26). The van der Waals surface area contributed by atoms with Gasteiger partial charge in [-0.3, -0.25) is 29.0 Å². The molecule has 35 heavy (non-hydrogen) atoms. The Kier molecular flexibility index (Phi) is 15.4. The molecular weight excluding hydrogens is 462 g/mol. The fourth-order valence-corrected chi connectivity index (χ4v) is 2.89. The molecule has 0 radical (unpaired) electrons. The fourth-order valence-electron chi connectivity index (χ4n) is 2.89. The van der Waals surface area contributed by atoms with E-state index in [1.165, 1.54) is 6.92 Å². The van der Waals surface area contributed by atoms with Crippen molar-refractivity contribution in [2.45, 2.75) is 76.0 Å². The number of nitrogens with two attached hydrogens (primary N) is 5. The Morgan fingerprint density at radius 1 is 0.829 bits per heavy atom. The number of nitrogens with zero attached hydrogens (tertiary/aromatic N) is 1. The summed E-state index contributed by atoms with van der Waals surface area (Å²) in [5.74, 6) is -4.04. The third-order valence-electron chi connectivity index (χ3n) is 4.93. The molecule has 0 aliphatic carbocycles. The van der Waals surface area contributed by atoms with Crippen LogP contribution in [0.1, 0.15) is 51.9 Å². The number of aliphatic carboxylic acids is 1. The third kappa shape index (κ3) is 14.4. The lowest BCUT2D eigenvalue weighted by atomic mass is 10.0. The van der Waals surface area contributed by atoms with E-state index in [-0.39, 0.29) is 38.2 Å². The van der Waals surface area contributed by atoms with Gasteiger partial charge in [-0.2, -0.15) is 0 Å². The highest BCUT2D eigenvalue weighted by atomic mass is 16.4. The van der Waals surface area contributed by atoms with E-state index in [2.05, 4.69) is 20.9 Å². The molecule has 0 rings (SSSR count). The molecular formula is C20H39N9O6. The van der Waals surface area contributed by atoms with E-state index in [4.69, 9.17) is 33.8 Å². The summed E-state index contributed by atoms with van der Waals surface area (Å²) < 4.78 is 0. The Balaban J connectivity index is 5.46. The van der Waals surface area contributed by atoms with Crippen molar-refractivity contribution in [3.05, 3.63) is 0 Å². The van der Waals surface area contributed by atoms with E-state index < -0.39 is 53.8 Å². The second kappa shape index (κ2) is 17.0. The number of hydrogen-bond acceptors (Lipinski definition) is 8. The maximum atomic E-state index is 13.0. The van der Waals surface area contributed by atoms with E-state index in [9.17, 15) is 24.0 Å². The van der Waals surface area contributed by atoms with Crippen molar-refractivity contribution in [1.29, 1.82) is 0 Å². The summed E-state index contributed by atoms with van der Waals surface area (Å²) in [5.41, 5.74) is 26.9. The second-order valence-electron chi connectivity index (χ2n) is 8.04. The van der Waals surface area contributed by atoms with Crippen LogP contribution in [0.2, 0.25) is 0 Å². The Labute approximate surface area is 204 Å². The van der Waals surface area contributed by atoms with Crippen LogP contribution >= 0.6 is 0 Å². The van der Waals surface area contributed by atoms with Crippen molar-refractivity contribution in [2.24, 2.45) is 33.7 Å². The first-order valence-electron chi connectivity index (χ1n) is 11.3. The van der Waals surface area contributed by atoms with Gasteiger partial charge in [0.15, 0.2) is 5.96 Å². The number of carboxylic acids is 1. The SMILES string of the molecule is CC(NC(=O)C(CCCCN)NC(=O)C(CCCN=C(N)N)NC(=O)C(N)CCC(N)=O)C(=O)O. The minimum absolute atomic E-state index is 0.0132. The highest BCUT2D eigenvalue weighted by molar-refractivity contribution is 5.94. The average molecular weight is 502 g/mol. The van der Waals surface area contributed by atoms with E-state index in [1.54, 1.807) is 0 Å². The summed E-state index contributed by atoms with van der Waals surface area (Å²) in [6.45, 7) is 1.85. The summed E-state index contributed by atoms with van der Waals surface area (Å²) in [6, 6.07) is -4.42. The fraction of sp³-hybridized carbons (Fsp3) is 0.700. The second-order valence-corrected chi connectivity index (χ2v) is 8.04. The van der Waals surface area contributed by atoms with Gasteiger partial charge in [-0.25, -0.2) is 0 Å². The number of guanidine groups is 1. The monoisotopic (exact) mass is 501 g/mol. The number of carbonyl (C=O) groups is 5. The number of primary amides is 1. The van der Waals surface area contributed by atoms with Crippen LogP contribution in [0, 0.1) is 0 Å². The highest BCUT2D eigenvalue weighted by Gasteiger charge is 2.29. The smallest absolute Gasteiger partial charge is 0.325 e. The highest BCUT2D eigenvalue weighted by Crippen LogP contribution is 2.06. The Hall–Kier alpha value is -3.46. The molecule has 0 aromatic heterocycles. The zero-order chi connectivity index (χ0) is 27.0. The molecule has 0 aromatic carbocycles. The summed E-state index contributed by atoms with van der Waals surface area (Å²) >= 11 is 0. The molecule has 200 valence electrons. The number of aliphatic imine (C=N–C) groups is 1. The zero-order valence-electron chi connectivity index (χ0n) is 20.0. The van der Waals surface area contributed by atoms with Crippen LogP contribution in [-0.2, 0) is 24.0 Å². The minimum Gasteiger partial charge on any atom is -0.480 e. The van der Waals surface area contributed by atoms with Gasteiger partial charge in [-0.15, -0.1) is 0 Å². The Bertz CT molecular complexity index is 757. The van der Waals surface area contributed by atoms with Crippen molar-refractivity contribution in [1.82, 2.24) is 16.0 Å². The predicted octanol–water partition coefficient (Wildman–Crippen LogP) is -3.68. The molecule has 4 unspecified atom stereocenters. The maximum absolute atomic E-state index is 13.0. The summed E-state index contributed by atoms with van der Waals surface area (Å²) in [4.78, 5) is 64.0. The van der Waals surface area contributed by atoms with Crippen LogP contribution < -0.4 is 44.6 Å². The molecule has 0 fully saturated rings. The van der Waals surface area contributed by atoms with Gasteiger partial charge in [0.2, 0.25) is 23.6 Å². The van der Waals surface area contributed by atoms with Crippen molar-refractivity contribution in [3.63, 3.8) is 0 Å². The number of unbranched alkanes of at least 4 members (excludes halogenated alkanes) is 1. The summed E-state index contributed by atoms with van der Waals surface area (Å²) in [6.07, 6.45) is 1.58. The van der Waals surface area contributed by atoms with Gasteiger partial charge >= 0.3 is 5.97 Å². The van der Waals surface area contributed by atoms with Crippen LogP contribution in [0.3, 0.4) is 0 Å². The lowest BCUT2D eigenvalue weighted by Crippen LogP contribution is -2.56. The lowest BCUT2D eigenvalue weighted by molar-refractivity contribution is -0.141. The van der Waals surface area contributed by atoms with Crippen LogP contribution in [0.4, 0.5) is 0 Å². The average Bonchev–Trinajstić information content (AvgIpc) is 2.78. The Morgan fingerprint density at radius 3 is 1.89 bits per heavy atom. The molecule has 4 amide bonds. The predicted molar refractivity (Wildman–Crippen MR) is 128 cm³/mol. The number of amides is 4. The molecule has 0 saturated heterocycles. The van der Waals surface area contributed by atoms with Crippen molar-refractivity contribution in [3.8, 4) is 0 Å². The first-order chi connectivity index (χ1) is 16.4. The number of carboxylic acid groups (broad SMARTS) is 1. The Morgan fingerprint density at radius 2 is 1.37 bits per heavy atom. The molecule has 0 aromatic rings. The van der Waals surface area contributed by atoms with Crippen molar-refractivity contribution in [2.75, 3.05) is 13.1 Å². The number of hydrogen-bond donors (Lipinski definition) is 9. The molecule has 0 heterocycles. The molecule has 0 saturated carbocycles. The van der Waals surface area contributed by atoms with Gasteiger partial charge in [-0.05, 0) is 52.0 Å². The van der Waals surface area contributed by atoms with E-state index in [0.717, 1.165) is 0 Å². The molecule has 15 heteroatoms. The van der Waals surface area contributed by atoms with Crippen molar-refractivity contribution >= 4 is 35.6 Å². The molecule has 0 spiro atoms. The van der Waals surface area contributed by atoms with Crippen LogP contribution in [0.5, 0.6) is 0 Å². The molecule has 0 aliphatic rings. The molecule has 0 aliphatic heterocycles. The molecule has 4 atom stereocenters. The first kappa shape index (κ1) is 31.5. The summed E-state index contributed by atoms with van der Waals surface area (Å²) in [7, 11) is 0. The number of carbonyl (C=O) groups excluding carboxylic acids is 4. The topological polar surface area (TPSA) is 284 Å². The zero-order valence-corrected chi connectivity index (χ0v) is 20.0. The van der Waals surface area contributed by atoms with Gasteiger partial charge < -0.3 is 49.7 Å². The number of nitrogens with one attached hydrogen (secondary N) is 3. The molecule has 14 N–H and O–H groups in total.